The molecule has 3 aromatic rings. The van der Waals surface area contributed by atoms with Crippen molar-refractivity contribution < 1.29 is 19.1 Å². The van der Waals surface area contributed by atoms with Crippen molar-refractivity contribution in [1.29, 1.82) is 5.26 Å². The van der Waals surface area contributed by atoms with Crippen molar-refractivity contribution in [3.8, 4) is 17.3 Å². The lowest BCUT2D eigenvalue weighted by atomic mass is 10.0. The summed E-state index contributed by atoms with van der Waals surface area (Å²) in [5.74, 6) is -1.42. The minimum absolute atomic E-state index is 0.118. The molecule has 0 radical (unpaired) electrons. The molecule has 2 aromatic carbocycles. The summed E-state index contributed by atoms with van der Waals surface area (Å²) in [6.07, 6.45) is 0.500. The van der Waals surface area contributed by atoms with Gasteiger partial charge >= 0.3 is 5.97 Å². The van der Waals surface area contributed by atoms with Crippen molar-refractivity contribution >= 4 is 17.7 Å². The van der Waals surface area contributed by atoms with Gasteiger partial charge in [0.15, 0.2) is 0 Å². The number of nitrogens with zero attached hydrogens (tertiary/aromatic N) is 2. The van der Waals surface area contributed by atoms with E-state index in [4.69, 9.17) is 10.8 Å². The smallest absolute Gasteiger partial charge is 0.317 e. The number of carboxylic acid groups (broad SMARTS) is 1. The van der Waals surface area contributed by atoms with Crippen LogP contribution in [0.5, 0.6) is 0 Å². The van der Waals surface area contributed by atoms with Gasteiger partial charge in [-0.25, -0.2) is 9.37 Å². The Balaban J connectivity index is 1.77. The summed E-state index contributed by atoms with van der Waals surface area (Å²) < 4.78 is 13.5. The molecular weight excluding hydrogens is 463 g/mol. The van der Waals surface area contributed by atoms with Crippen LogP contribution in [0.2, 0.25) is 0 Å². The third-order valence-electron chi connectivity index (χ3n) is 5.27. The molecule has 0 spiro atoms. The van der Waals surface area contributed by atoms with Gasteiger partial charge in [-0.2, -0.15) is 5.26 Å². The third kappa shape index (κ3) is 7.59. The number of carboxylic acids is 1. The Labute approximate surface area is 208 Å². The maximum atomic E-state index is 13.5. The van der Waals surface area contributed by atoms with E-state index in [1.54, 1.807) is 42.5 Å². The fourth-order valence-corrected chi connectivity index (χ4v) is 3.50. The number of amides is 1. The molecule has 0 fully saturated rings. The summed E-state index contributed by atoms with van der Waals surface area (Å²) in [4.78, 5) is 28.2. The van der Waals surface area contributed by atoms with E-state index in [0.717, 1.165) is 5.56 Å². The second kappa shape index (κ2) is 12.9. The number of nitrogens with two attached hydrogens (primary N) is 1. The van der Waals surface area contributed by atoms with E-state index in [9.17, 15) is 19.2 Å². The van der Waals surface area contributed by atoms with Gasteiger partial charge in [-0.15, -0.1) is 0 Å². The minimum Gasteiger partial charge on any atom is -0.480 e. The molecule has 1 heterocycles. The Morgan fingerprint density at radius 3 is 2.67 bits per heavy atom. The summed E-state index contributed by atoms with van der Waals surface area (Å²) in [7, 11) is 0. The average molecular weight is 491 g/mol. The Bertz CT molecular complexity index is 1260. The van der Waals surface area contributed by atoms with E-state index in [0.29, 0.717) is 35.6 Å². The van der Waals surface area contributed by atoms with Crippen LogP contribution in [0.1, 0.15) is 21.5 Å². The molecular formula is C26H27FN6O3. The fraction of sp³-hybridized carbons (Fsp3) is 0.231. The van der Waals surface area contributed by atoms with Crippen molar-refractivity contribution in [2.45, 2.75) is 12.5 Å². The molecule has 10 heteroatoms. The van der Waals surface area contributed by atoms with Crippen LogP contribution in [0.3, 0.4) is 0 Å². The molecule has 3 rings (SSSR count). The van der Waals surface area contributed by atoms with Crippen LogP contribution in [0.4, 0.5) is 10.2 Å². The normalized spacial score (nSPS) is 11.4. The Kier molecular flexibility index (Phi) is 9.45. The maximum absolute atomic E-state index is 13.5. The highest BCUT2D eigenvalue weighted by atomic mass is 19.1. The SMILES string of the molecule is N#Cc1ccccc1-c1ccc(C(=O)NC[C@@H](N)CNCC(=O)O)c(NCCc2cccc(F)c2)n1. The highest BCUT2D eigenvalue weighted by Crippen LogP contribution is 2.25. The van der Waals surface area contributed by atoms with Crippen molar-refractivity contribution in [2.75, 3.05) is 31.5 Å². The number of aliphatic carboxylic acids is 1. The van der Waals surface area contributed by atoms with Crippen LogP contribution in [0.25, 0.3) is 11.3 Å². The molecule has 0 aliphatic rings. The molecule has 1 atom stereocenters. The van der Waals surface area contributed by atoms with Gasteiger partial charge in [0.25, 0.3) is 5.91 Å². The first-order valence-corrected chi connectivity index (χ1v) is 11.3. The molecule has 0 bridgehead atoms. The lowest BCUT2D eigenvalue weighted by Crippen LogP contribution is -2.44. The molecule has 0 saturated carbocycles. The number of hydrogen-bond acceptors (Lipinski definition) is 7. The van der Waals surface area contributed by atoms with E-state index in [-0.39, 0.29) is 31.0 Å². The number of hydrogen-bond donors (Lipinski definition) is 5. The number of rotatable bonds is 12. The molecule has 0 unspecified atom stereocenters. The maximum Gasteiger partial charge on any atom is 0.317 e. The monoisotopic (exact) mass is 490 g/mol. The van der Waals surface area contributed by atoms with Crippen molar-refractivity contribution in [2.24, 2.45) is 5.73 Å². The van der Waals surface area contributed by atoms with E-state index in [2.05, 4.69) is 27.0 Å². The molecule has 1 amide bonds. The second-order valence-electron chi connectivity index (χ2n) is 8.05. The summed E-state index contributed by atoms with van der Waals surface area (Å²) in [6, 6.07) is 18.2. The fourth-order valence-electron chi connectivity index (χ4n) is 3.50. The molecule has 1 aromatic heterocycles. The minimum atomic E-state index is -0.996. The highest BCUT2D eigenvalue weighted by Gasteiger charge is 2.16. The average Bonchev–Trinajstić information content (AvgIpc) is 2.87. The van der Waals surface area contributed by atoms with Gasteiger partial charge in [-0.05, 0) is 42.3 Å². The van der Waals surface area contributed by atoms with E-state index >= 15 is 0 Å². The van der Waals surface area contributed by atoms with E-state index < -0.39 is 17.9 Å². The van der Waals surface area contributed by atoms with Crippen LogP contribution in [0.15, 0.2) is 60.7 Å². The molecule has 0 saturated heterocycles. The lowest BCUT2D eigenvalue weighted by molar-refractivity contribution is -0.135. The zero-order valence-corrected chi connectivity index (χ0v) is 19.5. The van der Waals surface area contributed by atoms with Crippen LogP contribution >= 0.6 is 0 Å². The standard InChI is InChI=1S/C26H27FN6O3/c27-19-6-3-4-17(12-19)10-11-31-25-22(26(36)32-15-20(29)14-30-16-24(34)35)8-9-23(33-25)21-7-2-1-5-18(21)13-28/h1-9,12,20,30H,10-11,14-16,29H2,(H,31,33)(H,32,36)(H,34,35)/t20-/m0/s1. The number of nitrogens with one attached hydrogen (secondary N) is 3. The Hall–Kier alpha value is -4.33. The Morgan fingerprint density at radius 2 is 1.92 bits per heavy atom. The van der Waals surface area contributed by atoms with E-state index in [1.165, 1.54) is 12.1 Å². The lowest BCUT2D eigenvalue weighted by Gasteiger charge is -2.16. The van der Waals surface area contributed by atoms with Crippen LogP contribution < -0.4 is 21.7 Å². The van der Waals surface area contributed by atoms with Crippen LogP contribution in [-0.4, -0.2) is 54.2 Å². The van der Waals surface area contributed by atoms with Crippen LogP contribution in [0, 0.1) is 17.1 Å². The quantitative estimate of drug-likeness (QED) is 0.259. The number of benzene rings is 2. The molecule has 9 nitrogen and oxygen atoms in total. The van der Waals surface area contributed by atoms with Crippen molar-refractivity contribution in [3.63, 3.8) is 0 Å². The van der Waals surface area contributed by atoms with Gasteiger partial charge in [0.05, 0.1) is 29.4 Å². The summed E-state index contributed by atoms with van der Waals surface area (Å²) in [6.45, 7) is 0.496. The number of anilines is 1. The zero-order chi connectivity index (χ0) is 25.9. The number of halogens is 1. The summed E-state index contributed by atoms with van der Waals surface area (Å²) in [5, 5.41) is 26.7. The first-order chi connectivity index (χ1) is 17.4. The molecule has 186 valence electrons. The number of carbonyl (C=O) groups is 2. The first-order valence-electron chi connectivity index (χ1n) is 11.3. The Morgan fingerprint density at radius 1 is 1.11 bits per heavy atom. The number of nitriles is 1. The third-order valence-corrected chi connectivity index (χ3v) is 5.27. The second-order valence-corrected chi connectivity index (χ2v) is 8.05. The number of pyridine rings is 1. The predicted octanol–water partition coefficient (Wildman–Crippen LogP) is 2.15. The predicted molar refractivity (Wildman–Crippen MR) is 134 cm³/mol. The molecule has 0 aliphatic heterocycles. The van der Waals surface area contributed by atoms with Gasteiger partial charge in [0, 0.05) is 31.2 Å². The van der Waals surface area contributed by atoms with Gasteiger partial charge in [0.1, 0.15) is 11.6 Å². The first kappa shape index (κ1) is 26.3. The molecule has 0 aliphatic carbocycles. The number of aromatic nitrogens is 1. The zero-order valence-electron chi connectivity index (χ0n) is 19.5. The summed E-state index contributed by atoms with van der Waals surface area (Å²) >= 11 is 0. The van der Waals surface area contributed by atoms with Gasteiger partial charge in [-0.1, -0.05) is 30.3 Å². The van der Waals surface area contributed by atoms with Gasteiger partial charge < -0.3 is 26.8 Å². The highest BCUT2D eigenvalue weighted by molar-refractivity contribution is 5.99. The van der Waals surface area contributed by atoms with E-state index in [1.807, 2.05) is 6.07 Å². The molecule has 36 heavy (non-hydrogen) atoms. The summed E-state index contributed by atoms with van der Waals surface area (Å²) in [5.41, 5.74) is 8.62. The van der Waals surface area contributed by atoms with Gasteiger partial charge in [0.2, 0.25) is 0 Å². The van der Waals surface area contributed by atoms with Crippen molar-refractivity contribution in [1.82, 2.24) is 15.6 Å². The van der Waals surface area contributed by atoms with Crippen LogP contribution in [-0.2, 0) is 11.2 Å². The molecule has 6 N–H and O–H groups in total. The van der Waals surface area contributed by atoms with Gasteiger partial charge in [-0.3, -0.25) is 9.59 Å². The topological polar surface area (TPSA) is 153 Å². The number of carbonyl (C=O) groups excluding carboxylic acids is 1. The largest absolute Gasteiger partial charge is 0.480 e. The van der Waals surface area contributed by atoms with Crippen molar-refractivity contribution in [3.05, 3.63) is 83.2 Å².